The van der Waals surface area contributed by atoms with E-state index in [1.165, 1.54) is 11.6 Å². The molecule has 1 aromatic heterocycles. The van der Waals surface area contributed by atoms with E-state index < -0.39 is 5.24 Å². The van der Waals surface area contributed by atoms with Crippen LogP contribution in [0.5, 0.6) is 0 Å². The number of pyridine rings is 1. The summed E-state index contributed by atoms with van der Waals surface area (Å²) in [6, 6.07) is 9.31. The van der Waals surface area contributed by atoms with Gasteiger partial charge in [-0.15, -0.1) is 0 Å². The van der Waals surface area contributed by atoms with E-state index in [1.807, 2.05) is 39.8 Å². The minimum Gasteiger partial charge on any atom is -0.305 e. The molecule has 0 bridgehead atoms. The van der Waals surface area contributed by atoms with Gasteiger partial charge in [0.1, 0.15) is 0 Å². The summed E-state index contributed by atoms with van der Waals surface area (Å²) in [4.78, 5) is 23.8. The Morgan fingerprint density at radius 2 is 1.81 bits per heavy atom. The molecule has 0 radical (unpaired) electrons. The molecule has 21 heavy (non-hydrogen) atoms. The van der Waals surface area contributed by atoms with Crippen molar-refractivity contribution >= 4 is 16.8 Å². The number of nitrogens with zero attached hydrogens (tertiary/aromatic N) is 1. The first-order valence-corrected chi connectivity index (χ1v) is 7.23. The Bertz CT molecular complexity index is 760. The highest BCUT2D eigenvalue weighted by Gasteiger charge is 2.17. The summed E-state index contributed by atoms with van der Waals surface area (Å²) >= 11 is 5.48. The van der Waals surface area contributed by atoms with E-state index in [9.17, 15) is 9.59 Å². The summed E-state index contributed by atoms with van der Waals surface area (Å²) in [5, 5.41) is -0.721. The molecule has 0 aliphatic rings. The van der Waals surface area contributed by atoms with Gasteiger partial charge in [0.2, 0.25) is 0 Å². The molecule has 0 N–H and O–H groups in total. The summed E-state index contributed by atoms with van der Waals surface area (Å²) < 4.78 is 1.62. The molecule has 3 nitrogen and oxygen atoms in total. The molecular weight excluding hydrogens is 286 g/mol. The maximum Gasteiger partial charge on any atom is 0.263 e. The molecule has 0 amide bonds. The largest absolute Gasteiger partial charge is 0.305 e. The smallest absolute Gasteiger partial charge is 0.263 e. The maximum atomic E-state index is 12.5. The molecule has 0 unspecified atom stereocenters. The van der Waals surface area contributed by atoms with Gasteiger partial charge in [-0.25, -0.2) is 0 Å². The zero-order chi connectivity index (χ0) is 15.7. The Morgan fingerprint density at radius 3 is 2.33 bits per heavy atom. The Morgan fingerprint density at radius 1 is 1.14 bits per heavy atom. The third-order valence-electron chi connectivity index (χ3n) is 3.50. The van der Waals surface area contributed by atoms with Crippen molar-refractivity contribution in [2.45, 2.75) is 33.7 Å². The molecule has 0 atom stereocenters. The number of carbonyl (C=O) groups is 1. The SMILES string of the molecule is Cc1ccc(-c2ccc(C(=O)Cl)c(=O)n2C(C)C)c(C)c1. The fraction of sp³-hybridized carbons (Fsp3) is 0.294. The lowest BCUT2D eigenvalue weighted by Crippen LogP contribution is -2.27. The normalized spacial score (nSPS) is 11.0. The molecule has 0 saturated heterocycles. The van der Waals surface area contributed by atoms with Crippen molar-refractivity contribution in [2.24, 2.45) is 0 Å². The quantitative estimate of drug-likeness (QED) is 0.801. The lowest BCUT2D eigenvalue weighted by atomic mass is 10.0. The minimum absolute atomic E-state index is 0.0129. The van der Waals surface area contributed by atoms with E-state index in [0.717, 1.165) is 16.8 Å². The molecular formula is C17H18ClNO2. The third kappa shape index (κ3) is 2.93. The molecule has 1 heterocycles. The van der Waals surface area contributed by atoms with Gasteiger partial charge in [-0.1, -0.05) is 23.8 Å². The highest BCUT2D eigenvalue weighted by molar-refractivity contribution is 6.67. The minimum atomic E-state index is -0.721. The summed E-state index contributed by atoms with van der Waals surface area (Å²) in [5.74, 6) is 0. The van der Waals surface area contributed by atoms with Crippen LogP contribution in [-0.4, -0.2) is 9.81 Å². The average Bonchev–Trinajstić information content (AvgIpc) is 2.37. The van der Waals surface area contributed by atoms with Crippen LogP contribution >= 0.6 is 11.6 Å². The van der Waals surface area contributed by atoms with Crippen molar-refractivity contribution in [3.63, 3.8) is 0 Å². The number of aromatic nitrogens is 1. The van der Waals surface area contributed by atoms with E-state index in [2.05, 4.69) is 6.07 Å². The van der Waals surface area contributed by atoms with E-state index in [4.69, 9.17) is 11.6 Å². The molecule has 2 rings (SSSR count). The van der Waals surface area contributed by atoms with Crippen LogP contribution in [0.2, 0.25) is 0 Å². The van der Waals surface area contributed by atoms with Crippen LogP contribution in [0.15, 0.2) is 35.1 Å². The van der Waals surface area contributed by atoms with E-state index in [0.29, 0.717) is 0 Å². The van der Waals surface area contributed by atoms with E-state index in [1.54, 1.807) is 10.6 Å². The predicted octanol–water partition coefficient (Wildman–Crippen LogP) is 4.09. The van der Waals surface area contributed by atoms with Crippen LogP contribution in [-0.2, 0) is 0 Å². The summed E-state index contributed by atoms with van der Waals surface area (Å²) in [6.07, 6.45) is 0. The molecule has 4 heteroatoms. The number of benzene rings is 1. The third-order valence-corrected chi connectivity index (χ3v) is 3.71. The van der Waals surface area contributed by atoms with Gasteiger partial charge in [0.25, 0.3) is 10.8 Å². The number of aryl methyl sites for hydroxylation is 2. The first kappa shape index (κ1) is 15.5. The Kier molecular flexibility index (Phi) is 4.33. The second-order valence-corrected chi connectivity index (χ2v) is 5.84. The molecule has 2 aromatic rings. The van der Waals surface area contributed by atoms with Gasteiger partial charge in [0, 0.05) is 11.6 Å². The Hall–Kier alpha value is -1.87. The van der Waals surface area contributed by atoms with Crippen molar-refractivity contribution in [3.8, 4) is 11.3 Å². The molecule has 0 aliphatic heterocycles. The molecule has 110 valence electrons. The summed E-state index contributed by atoms with van der Waals surface area (Å²) in [7, 11) is 0. The van der Waals surface area contributed by atoms with Crippen molar-refractivity contribution in [2.75, 3.05) is 0 Å². The van der Waals surface area contributed by atoms with Gasteiger partial charge in [0.05, 0.1) is 11.3 Å². The van der Waals surface area contributed by atoms with Gasteiger partial charge < -0.3 is 4.57 Å². The molecule has 1 aromatic carbocycles. The van der Waals surface area contributed by atoms with E-state index >= 15 is 0 Å². The topological polar surface area (TPSA) is 39.1 Å². The highest BCUT2D eigenvalue weighted by Crippen LogP contribution is 2.25. The lowest BCUT2D eigenvalue weighted by Gasteiger charge is -2.19. The van der Waals surface area contributed by atoms with Crippen LogP contribution in [0.4, 0.5) is 0 Å². The van der Waals surface area contributed by atoms with Gasteiger partial charge in [-0.05, 0) is 57.0 Å². The van der Waals surface area contributed by atoms with Crippen molar-refractivity contribution < 1.29 is 4.79 Å². The van der Waals surface area contributed by atoms with Gasteiger partial charge in [-0.2, -0.15) is 0 Å². The van der Waals surface area contributed by atoms with Crippen molar-refractivity contribution in [3.05, 3.63) is 57.4 Å². The fourth-order valence-electron chi connectivity index (χ4n) is 2.54. The molecule has 0 fully saturated rings. The Balaban J connectivity index is 2.78. The number of halogens is 1. The molecule has 0 saturated carbocycles. The van der Waals surface area contributed by atoms with Crippen LogP contribution in [0, 0.1) is 13.8 Å². The standard InChI is InChI=1S/C17H18ClNO2/c1-10(2)19-15(8-7-14(16(18)20)17(19)21)13-6-5-11(3)9-12(13)4/h5-10H,1-4H3. The first-order chi connectivity index (χ1) is 9.82. The number of hydrogen-bond donors (Lipinski definition) is 0. The van der Waals surface area contributed by atoms with Crippen LogP contribution in [0.1, 0.15) is 41.4 Å². The first-order valence-electron chi connectivity index (χ1n) is 6.86. The molecule has 0 aliphatic carbocycles. The second kappa shape index (κ2) is 5.86. The van der Waals surface area contributed by atoms with Crippen LogP contribution in [0.25, 0.3) is 11.3 Å². The average molecular weight is 304 g/mol. The van der Waals surface area contributed by atoms with Crippen molar-refractivity contribution in [1.29, 1.82) is 0 Å². The van der Waals surface area contributed by atoms with Gasteiger partial charge in [-0.3, -0.25) is 9.59 Å². The number of rotatable bonds is 3. The monoisotopic (exact) mass is 303 g/mol. The van der Waals surface area contributed by atoms with Crippen molar-refractivity contribution in [1.82, 2.24) is 4.57 Å². The summed E-state index contributed by atoms with van der Waals surface area (Å²) in [6.45, 7) is 7.87. The zero-order valence-electron chi connectivity index (χ0n) is 12.6. The lowest BCUT2D eigenvalue weighted by molar-refractivity contribution is 0.107. The Labute approximate surface area is 129 Å². The van der Waals surface area contributed by atoms with Crippen LogP contribution < -0.4 is 5.56 Å². The highest BCUT2D eigenvalue weighted by atomic mass is 35.5. The van der Waals surface area contributed by atoms with Crippen LogP contribution in [0.3, 0.4) is 0 Å². The maximum absolute atomic E-state index is 12.5. The number of hydrogen-bond acceptors (Lipinski definition) is 2. The van der Waals surface area contributed by atoms with Gasteiger partial charge in [0.15, 0.2) is 0 Å². The molecule has 0 spiro atoms. The summed E-state index contributed by atoms with van der Waals surface area (Å²) in [5.41, 5.74) is 3.71. The van der Waals surface area contributed by atoms with E-state index in [-0.39, 0.29) is 17.2 Å². The second-order valence-electron chi connectivity index (χ2n) is 5.49. The van der Waals surface area contributed by atoms with Gasteiger partial charge >= 0.3 is 0 Å². The predicted molar refractivity (Wildman–Crippen MR) is 86.2 cm³/mol. The zero-order valence-corrected chi connectivity index (χ0v) is 13.4. The number of carbonyl (C=O) groups excluding carboxylic acids is 1. The fourth-order valence-corrected chi connectivity index (χ4v) is 2.68.